The zero-order valence-corrected chi connectivity index (χ0v) is 11.6. The molecule has 1 aromatic carbocycles. The van der Waals surface area contributed by atoms with Crippen molar-refractivity contribution in [3.63, 3.8) is 0 Å². The van der Waals surface area contributed by atoms with Gasteiger partial charge in [0.1, 0.15) is 5.75 Å². The highest BCUT2D eigenvalue weighted by Crippen LogP contribution is 2.26. The lowest BCUT2D eigenvalue weighted by molar-refractivity contribution is 0.0450. The summed E-state index contributed by atoms with van der Waals surface area (Å²) in [6.45, 7) is 6.16. The molecule has 1 heterocycles. The summed E-state index contributed by atoms with van der Waals surface area (Å²) in [6.07, 6.45) is 2.04. The van der Waals surface area contributed by atoms with Crippen LogP contribution in [-0.4, -0.2) is 42.4 Å². The second kappa shape index (κ2) is 5.29. The van der Waals surface area contributed by atoms with Crippen LogP contribution in [0.3, 0.4) is 0 Å². The molecular weight excluding hydrogens is 226 g/mol. The van der Waals surface area contributed by atoms with Gasteiger partial charge in [0.25, 0.3) is 0 Å². The van der Waals surface area contributed by atoms with E-state index in [0.29, 0.717) is 6.54 Å². The van der Waals surface area contributed by atoms with Gasteiger partial charge in [-0.25, -0.2) is 0 Å². The quantitative estimate of drug-likeness (QED) is 0.864. The number of hydrogen-bond acceptors (Lipinski definition) is 3. The van der Waals surface area contributed by atoms with Crippen molar-refractivity contribution in [1.29, 1.82) is 0 Å². The van der Waals surface area contributed by atoms with Crippen LogP contribution >= 0.6 is 0 Å². The molecule has 18 heavy (non-hydrogen) atoms. The molecule has 0 amide bonds. The van der Waals surface area contributed by atoms with Gasteiger partial charge in [0.2, 0.25) is 0 Å². The highest BCUT2D eigenvalue weighted by molar-refractivity contribution is 5.39. The standard InChI is InChI=1S/C15H23NO2/c1-15(2,17)11-16(3)8-6-12-4-5-14-13(10-12)7-9-18-14/h4-5,10,17H,6-9,11H2,1-3H3. The molecule has 0 unspecified atom stereocenters. The number of rotatable bonds is 5. The van der Waals surface area contributed by atoms with Crippen molar-refractivity contribution < 1.29 is 9.84 Å². The molecule has 0 aromatic heterocycles. The van der Waals surface area contributed by atoms with Crippen LogP contribution in [0.15, 0.2) is 18.2 Å². The van der Waals surface area contributed by atoms with Gasteiger partial charge in [-0.2, -0.15) is 0 Å². The first-order chi connectivity index (χ1) is 8.44. The number of fused-ring (bicyclic) bond motifs is 1. The van der Waals surface area contributed by atoms with Gasteiger partial charge in [0, 0.05) is 19.5 Å². The van der Waals surface area contributed by atoms with Crippen LogP contribution in [0.1, 0.15) is 25.0 Å². The average Bonchev–Trinajstić information content (AvgIpc) is 2.71. The molecule has 0 bridgehead atoms. The van der Waals surface area contributed by atoms with E-state index in [9.17, 15) is 5.11 Å². The summed E-state index contributed by atoms with van der Waals surface area (Å²) in [5.74, 6) is 1.04. The molecule has 0 atom stereocenters. The van der Waals surface area contributed by atoms with E-state index in [-0.39, 0.29) is 0 Å². The van der Waals surface area contributed by atoms with Crippen LogP contribution in [0, 0.1) is 0 Å². The molecule has 1 aliphatic rings. The number of likely N-dealkylation sites (N-methyl/N-ethyl adjacent to an activating group) is 1. The molecule has 1 aromatic rings. The Kier molecular flexibility index (Phi) is 3.93. The van der Waals surface area contributed by atoms with E-state index < -0.39 is 5.60 Å². The molecular formula is C15H23NO2. The second-order valence-electron chi connectivity index (χ2n) is 5.84. The van der Waals surface area contributed by atoms with Crippen molar-refractivity contribution in [2.75, 3.05) is 26.7 Å². The summed E-state index contributed by atoms with van der Waals surface area (Å²) in [5.41, 5.74) is 2.06. The monoisotopic (exact) mass is 249 g/mol. The van der Waals surface area contributed by atoms with Crippen molar-refractivity contribution in [3.8, 4) is 5.75 Å². The van der Waals surface area contributed by atoms with E-state index in [1.54, 1.807) is 0 Å². The van der Waals surface area contributed by atoms with Gasteiger partial charge in [-0.15, -0.1) is 0 Å². The minimum absolute atomic E-state index is 0.624. The summed E-state index contributed by atoms with van der Waals surface area (Å²) in [7, 11) is 2.05. The van der Waals surface area contributed by atoms with Gasteiger partial charge in [0.05, 0.1) is 12.2 Å². The first kappa shape index (κ1) is 13.4. The number of ether oxygens (including phenoxy) is 1. The summed E-state index contributed by atoms with van der Waals surface area (Å²) < 4.78 is 5.50. The second-order valence-corrected chi connectivity index (χ2v) is 5.84. The third-order valence-corrected chi connectivity index (χ3v) is 3.19. The Labute approximate surface area is 109 Å². The Morgan fingerprint density at radius 1 is 1.39 bits per heavy atom. The number of benzene rings is 1. The summed E-state index contributed by atoms with van der Waals surface area (Å²) in [6, 6.07) is 6.47. The molecule has 100 valence electrons. The summed E-state index contributed by atoms with van der Waals surface area (Å²) in [4.78, 5) is 2.17. The van der Waals surface area contributed by atoms with Crippen molar-refractivity contribution >= 4 is 0 Å². The molecule has 3 nitrogen and oxygen atoms in total. The van der Waals surface area contributed by atoms with E-state index in [1.807, 2.05) is 13.8 Å². The highest BCUT2D eigenvalue weighted by Gasteiger charge is 2.16. The van der Waals surface area contributed by atoms with Crippen molar-refractivity contribution in [2.45, 2.75) is 32.3 Å². The van der Waals surface area contributed by atoms with E-state index in [2.05, 4.69) is 30.1 Å². The predicted molar refractivity (Wildman–Crippen MR) is 73.1 cm³/mol. The van der Waals surface area contributed by atoms with Gasteiger partial charge in [0.15, 0.2) is 0 Å². The largest absolute Gasteiger partial charge is 0.493 e. The van der Waals surface area contributed by atoms with Gasteiger partial charge in [-0.1, -0.05) is 12.1 Å². The van der Waals surface area contributed by atoms with E-state index in [0.717, 1.165) is 31.7 Å². The van der Waals surface area contributed by atoms with Gasteiger partial charge < -0.3 is 14.7 Å². The SMILES string of the molecule is CN(CCc1ccc2c(c1)CCO2)CC(C)(C)O. The van der Waals surface area contributed by atoms with E-state index >= 15 is 0 Å². The van der Waals surface area contributed by atoms with Crippen LogP contribution in [0.4, 0.5) is 0 Å². The average molecular weight is 249 g/mol. The maximum atomic E-state index is 9.75. The van der Waals surface area contributed by atoms with Gasteiger partial charge in [-0.3, -0.25) is 0 Å². The normalized spacial score (nSPS) is 14.7. The molecule has 0 spiro atoms. The van der Waals surface area contributed by atoms with E-state index in [1.165, 1.54) is 11.1 Å². The first-order valence-electron chi connectivity index (χ1n) is 6.59. The first-order valence-corrected chi connectivity index (χ1v) is 6.59. The fourth-order valence-corrected chi connectivity index (χ4v) is 2.45. The molecule has 1 N–H and O–H groups in total. The topological polar surface area (TPSA) is 32.7 Å². The lowest BCUT2D eigenvalue weighted by Gasteiger charge is -2.25. The van der Waals surface area contributed by atoms with Crippen LogP contribution in [0.2, 0.25) is 0 Å². The molecule has 0 radical (unpaired) electrons. The van der Waals surface area contributed by atoms with Gasteiger partial charge in [-0.05, 0) is 44.5 Å². The Morgan fingerprint density at radius 2 is 2.17 bits per heavy atom. The molecule has 0 fully saturated rings. The smallest absolute Gasteiger partial charge is 0.122 e. The molecule has 0 saturated carbocycles. The van der Waals surface area contributed by atoms with Crippen molar-refractivity contribution in [2.24, 2.45) is 0 Å². The number of aliphatic hydroxyl groups is 1. The Morgan fingerprint density at radius 3 is 2.89 bits per heavy atom. The molecule has 1 aliphatic heterocycles. The minimum atomic E-state index is -0.624. The van der Waals surface area contributed by atoms with E-state index in [4.69, 9.17) is 4.74 Å². The van der Waals surface area contributed by atoms with Crippen LogP contribution in [0.25, 0.3) is 0 Å². The summed E-state index contributed by atoms with van der Waals surface area (Å²) >= 11 is 0. The maximum absolute atomic E-state index is 9.75. The lowest BCUT2D eigenvalue weighted by Crippen LogP contribution is -2.37. The Bertz CT molecular complexity index is 409. The molecule has 0 saturated heterocycles. The van der Waals surface area contributed by atoms with Crippen LogP contribution < -0.4 is 4.74 Å². The van der Waals surface area contributed by atoms with Crippen molar-refractivity contribution in [3.05, 3.63) is 29.3 Å². The van der Waals surface area contributed by atoms with Gasteiger partial charge >= 0.3 is 0 Å². The highest BCUT2D eigenvalue weighted by atomic mass is 16.5. The molecule has 2 rings (SSSR count). The Hall–Kier alpha value is -1.06. The zero-order valence-electron chi connectivity index (χ0n) is 11.6. The Balaban J connectivity index is 1.87. The predicted octanol–water partition coefficient (Wildman–Crippen LogP) is 1.87. The molecule has 3 heteroatoms. The van der Waals surface area contributed by atoms with Crippen molar-refractivity contribution in [1.82, 2.24) is 4.90 Å². The minimum Gasteiger partial charge on any atom is -0.493 e. The summed E-state index contributed by atoms with van der Waals surface area (Å²) in [5, 5.41) is 9.75. The number of hydrogen-bond donors (Lipinski definition) is 1. The van der Waals surface area contributed by atoms with Crippen LogP contribution in [0.5, 0.6) is 5.75 Å². The number of nitrogens with zero attached hydrogens (tertiary/aromatic N) is 1. The zero-order chi connectivity index (χ0) is 13.2. The fraction of sp³-hybridized carbons (Fsp3) is 0.600. The maximum Gasteiger partial charge on any atom is 0.122 e. The lowest BCUT2D eigenvalue weighted by atomic mass is 10.1. The third kappa shape index (κ3) is 3.72. The van der Waals surface area contributed by atoms with Crippen LogP contribution in [-0.2, 0) is 12.8 Å². The fourth-order valence-electron chi connectivity index (χ4n) is 2.45. The third-order valence-electron chi connectivity index (χ3n) is 3.19. The molecule has 0 aliphatic carbocycles.